The molecule has 1 aliphatic heterocycles. The third-order valence-electron chi connectivity index (χ3n) is 2.91. The van der Waals surface area contributed by atoms with Crippen molar-refractivity contribution in [2.24, 2.45) is 5.11 Å². The minimum Gasteiger partial charge on any atom is -0.273 e. The summed E-state index contributed by atoms with van der Waals surface area (Å²) < 4.78 is 1.77. The summed E-state index contributed by atoms with van der Waals surface area (Å²) in [6, 6.07) is 7.20. The van der Waals surface area contributed by atoms with Crippen molar-refractivity contribution in [3.8, 4) is 0 Å². The molecule has 0 aromatic heterocycles. The number of nitrogens with zero attached hydrogens (tertiary/aromatic N) is 4. The minimum absolute atomic E-state index is 0.175. The van der Waals surface area contributed by atoms with E-state index in [1.165, 1.54) is 0 Å². The van der Waals surface area contributed by atoms with Gasteiger partial charge < -0.3 is 0 Å². The van der Waals surface area contributed by atoms with Crippen LogP contribution in [0.25, 0.3) is 10.4 Å². The van der Waals surface area contributed by atoms with Crippen molar-refractivity contribution >= 4 is 45.9 Å². The molecule has 0 aliphatic carbocycles. The Morgan fingerprint density at radius 2 is 1.90 bits per heavy atom. The summed E-state index contributed by atoms with van der Waals surface area (Å²) in [7, 11) is 0. The van der Waals surface area contributed by atoms with Gasteiger partial charge in [-0.1, -0.05) is 41.6 Å². The molecule has 2 amide bonds. The van der Waals surface area contributed by atoms with Crippen molar-refractivity contribution in [2.45, 2.75) is 25.7 Å². The van der Waals surface area contributed by atoms with Crippen LogP contribution < -0.4 is 0 Å². The predicted molar refractivity (Wildman–Crippen MR) is 84.8 cm³/mol. The topological polar surface area (TPSA) is 86.1 Å². The molecule has 0 bridgehead atoms. The Kier molecular flexibility index (Phi) is 5.32. The number of azide groups is 1. The number of rotatable bonds is 5. The Labute approximate surface area is 131 Å². The van der Waals surface area contributed by atoms with E-state index in [9.17, 15) is 9.59 Å². The molecule has 1 aliphatic rings. The minimum atomic E-state index is -0.175. The largest absolute Gasteiger partial charge is 0.273 e. The summed E-state index contributed by atoms with van der Waals surface area (Å²) >= 11 is 6.27. The van der Waals surface area contributed by atoms with E-state index in [1.54, 1.807) is 12.1 Å². The van der Waals surface area contributed by atoms with Gasteiger partial charge in [0.05, 0.1) is 4.20 Å². The highest BCUT2D eigenvalue weighted by atomic mass is 32.2. The van der Waals surface area contributed by atoms with Crippen LogP contribution in [-0.4, -0.2) is 20.3 Å². The molecular formula is C13H12N4O2S2. The SMILES string of the molecule is [N-]=[N+]=Nc1ccc(CCC(=S)SN2C(=O)CCC2=O)cc1. The first-order valence-electron chi connectivity index (χ1n) is 6.31. The third-order valence-corrected chi connectivity index (χ3v) is 4.34. The maximum atomic E-state index is 11.5. The van der Waals surface area contributed by atoms with Crippen molar-refractivity contribution in [1.82, 2.24) is 4.31 Å². The van der Waals surface area contributed by atoms with Gasteiger partial charge in [-0.15, -0.1) is 0 Å². The molecule has 0 spiro atoms. The predicted octanol–water partition coefficient (Wildman–Crippen LogP) is 3.69. The summed E-state index contributed by atoms with van der Waals surface area (Å²) in [5, 5.41) is 3.50. The molecule has 1 heterocycles. The normalized spacial score (nSPS) is 14.2. The van der Waals surface area contributed by atoms with Gasteiger partial charge in [0.15, 0.2) is 0 Å². The van der Waals surface area contributed by atoms with Gasteiger partial charge in [0.1, 0.15) is 0 Å². The summed E-state index contributed by atoms with van der Waals surface area (Å²) in [5.41, 5.74) is 9.93. The van der Waals surface area contributed by atoms with Gasteiger partial charge in [0.2, 0.25) is 11.8 Å². The average molecular weight is 320 g/mol. The van der Waals surface area contributed by atoms with Crippen LogP contribution >= 0.6 is 24.2 Å². The Morgan fingerprint density at radius 3 is 2.48 bits per heavy atom. The van der Waals surface area contributed by atoms with Crippen LogP contribution in [0.5, 0.6) is 0 Å². The molecule has 2 rings (SSSR count). The van der Waals surface area contributed by atoms with E-state index in [4.69, 9.17) is 17.7 Å². The van der Waals surface area contributed by atoms with E-state index in [-0.39, 0.29) is 24.7 Å². The first kappa shape index (κ1) is 15.5. The van der Waals surface area contributed by atoms with Crippen LogP contribution in [0, 0.1) is 0 Å². The lowest BCUT2D eigenvalue weighted by Crippen LogP contribution is -2.23. The van der Waals surface area contributed by atoms with Gasteiger partial charge >= 0.3 is 0 Å². The number of aryl methyl sites for hydroxylation is 1. The molecule has 6 nitrogen and oxygen atoms in total. The van der Waals surface area contributed by atoms with Gasteiger partial charge in [0, 0.05) is 35.4 Å². The van der Waals surface area contributed by atoms with E-state index < -0.39 is 0 Å². The lowest BCUT2D eigenvalue weighted by molar-refractivity contribution is -0.131. The van der Waals surface area contributed by atoms with Crippen molar-refractivity contribution < 1.29 is 9.59 Å². The molecule has 0 atom stereocenters. The molecule has 21 heavy (non-hydrogen) atoms. The van der Waals surface area contributed by atoms with Crippen molar-refractivity contribution in [1.29, 1.82) is 0 Å². The Morgan fingerprint density at radius 1 is 1.29 bits per heavy atom. The van der Waals surface area contributed by atoms with Crippen LogP contribution in [0.1, 0.15) is 24.8 Å². The Bertz CT molecular complexity index is 608. The highest BCUT2D eigenvalue weighted by Crippen LogP contribution is 2.24. The molecule has 1 aromatic rings. The first-order valence-corrected chi connectivity index (χ1v) is 7.49. The molecule has 1 fully saturated rings. The number of thiocarbonyl (C=S) groups is 1. The van der Waals surface area contributed by atoms with E-state index >= 15 is 0 Å². The standard InChI is InChI=1S/C13H12N4O2S2/c14-16-15-10-4-1-9(2-5-10)3-8-13(20)21-17-11(18)6-7-12(17)19/h1-2,4-5H,3,6-8H2. The second-order valence-electron chi connectivity index (χ2n) is 4.40. The number of amides is 2. The maximum Gasteiger partial charge on any atom is 0.240 e. The number of hydrogen-bond acceptors (Lipinski definition) is 5. The Hall–Kier alpha value is -1.89. The van der Waals surface area contributed by atoms with Gasteiger partial charge in [-0.3, -0.25) is 9.59 Å². The number of hydrogen-bond donors (Lipinski definition) is 0. The number of carbonyl (C=O) groups excluding carboxylic acids is 2. The van der Waals surface area contributed by atoms with E-state index in [1.807, 2.05) is 12.1 Å². The summed E-state index contributed by atoms with van der Waals surface area (Å²) in [6.45, 7) is 0. The van der Waals surface area contributed by atoms with Crippen molar-refractivity contribution in [3.63, 3.8) is 0 Å². The van der Waals surface area contributed by atoms with Crippen LogP contribution in [-0.2, 0) is 16.0 Å². The lowest BCUT2D eigenvalue weighted by atomic mass is 10.1. The van der Waals surface area contributed by atoms with Crippen LogP contribution in [0.2, 0.25) is 0 Å². The molecule has 1 aromatic carbocycles. The number of benzene rings is 1. The zero-order valence-electron chi connectivity index (χ0n) is 11.1. The summed E-state index contributed by atoms with van der Waals surface area (Å²) in [6.07, 6.45) is 1.85. The maximum absolute atomic E-state index is 11.5. The lowest BCUT2D eigenvalue weighted by Gasteiger charge is -2.12. The quantitative estimate of drug-likeness (QED) is 0.207. The van der Waals surface area contributed by atoms with E-state index in [0.717, 1.165) is 21.8 Å². The molecular weight excluding hydrogens is 308 g/mol. The number of imide groups is 1. The fourth-order valence-electron chi connectivity index (χ4n) is 1.83. The molecule has 0 saturated carbocycles. The first-order chi connectivity index (χ1) is 10.1. The molecule has 0 unspecified atom stereocenters. The van der Waals surface area contributed by atoms with Crippen LogP contribution in [0.15, 0.2) is 29.4 Å². The van der Waals surface area contributed by atoms with Crippen molar-refractivity contribution in [3.05, 3.63) is 40.3 Å². The zero-order valence-corrected chi connectivity index (χ0v) is 12.7. The van der Waals surface area contributed by atoms with Crippen molar-refractivity contribution in [2.75, 3.05) is 0 Å². The van der Waals surface area contributed by atoms with Gasteiger partial charge in [-0.2, -0.15) is 0 Å². The third kappa shape index (κ3) is 4.29. The van der Waals surface area contributed by atoms with E-state index in [0.29, 0.717) is 22.7 Å². The molecule has 1 saturated heterocycles. The molecule has 0 N–H and O–H groups in total. The molecule has 0 radical (unpaired) electrons. The van der Waals surface area contributed by atoms with Gasteiger partial charge in [0.25, 0.3) is 0 Å². The molecule has 108 valence electrons. The Balaban J connectivity index is 1.85. The summed E-state index contributed by atoms with van der Waals surface area (Å²) in [5.74, 6) is -0.350. The summed E-state index contributed by atoms with van der Waals surface area (Å²) in [4.78, 5) is 25.7. The second kappa shape index (κ2) is 7.21. The van der Waals surface area contributed by atoms with Gasteiger partial charge in [-0.05, 0) is 23.9 Å². The fourth-order valence-corrected chi connectivity index (χ4v) is 2.94. The van der Waals surface area contributed by atoms with Crippen LogP contribution in [0.4, 0.5) is 5.69 Å². The van der Waals surface area contributed by atoms with E-state index in [2.05, 4.69) is 10.0 Å². The number of carbonyl (C=O) groups is 2. The van der Waals surface area contributed by atoms with Gasteiger partial charge in [-0.25, -0.2) is 4.31 Å². The smallest absolute Gasteiger partial charge is 0.240 e. The second-order valence-corrected chi connectivity index (χ2v) is 6.19. The van der Waals surface area contributed by atoms with Crippen LogP contribution in [0.3, 0.4) is 0 Å². The monoisotopic (exact) mass is 320 g/mol. The zero-order chi connectivity index (χ0) is 15.2. The molecule has 8 heteroatoms. The average Bonchev–Trinajstić information content (AvgIpc) is 2.79. The highest BCUT2D eigenvalue weighted by molar-refractivity contribution is 8.22. The fraction of sp³-hybridized carbons (Fsp3) is 0.308. The highest BCUT2D eigenvalue weighted by Gasteiger charge is 2.30.